The third-order valence-corrected chi connectivity index (χ3v) is 4.70. The first-order chi connectivity index (χ1) is 8.13. The molecule has 96 valence electrons. The standard InChI is InChI=1S/C13H23N3O/c1-8(2)15-12(14)16-10-9-4-7-17-11(9)13(10)5-3-6-13/h8-11H,3-7H2,1-2H3,(H3,14,15,16). The molecule has 3 unspecified atom stereocenters. The molecular weight excluding hydrogens is 214 g/mol. The predicted octanol–water partition coefficient (Wildman–Crippen LogP) is 1.26. The van der Waals surface area contributed by atoms with Gasteiger partial charge in [-0.25, -0.2) is 4.99 Å². The van der Waals surface area contributed by atoms with Crippen molar-refractivity contribution in [3.8, 4) is 0 Å². The van der Waals surface area contributed by atoms with E-state index in [0.29, 0.717) is 35.5 Å². The molecular formula is C13H23N3O. The fourth-order valence-electron chi connectivity index (χ4n) is 3.87. The number of hydrogen-bond acceptors (Lipinski definition) is 2. The molecule has 4 nitrogen and oxygen atoms in total. The van der Waals surface area contributed by atoms with Gasteiger partial charge in [-0.15, -0.1) is 0 Å². The Kier molecular flexibility index (Phi) is 2.58. The lowest BCUT2D eigenvalue weighted by molar-refractivity contribution is -0.164. The van der Waals surface area contributed by atoms with Crippen molar-refractivity contribution in [3.05, 3.63) is 0 Å². The Balaban J connectivity index is 1.73. The SMILES string of the molecule is CC(C)NC(N)=NC1C2CCOC2C12CCC2. The van der Waals surface area contributed by atoms with Gasteiger partial charge in [0.2, 0.25) is 0 Å². The summed E-state index contributed by atoms with van der Waals surface area (Å²) in [5.74, 6) is 1.24. The fourth-order valence-corrected chi connectivity index (χ4v) is 3.87. The third kappa shape index (κ3) is 1.57. The number of guanidine groups is 1. The summed E-state index contributed by atoms with van der Waals surface area (Å²) in [4.78, 5) is 4.74. The first-order valence-corrected chi connectivity index (χ1v) is 6.85. The lowest BCUT2D eigenvalue weighted by Gasteiger charge is -2.61. The molecule has 0 aromatic carbocycles. The predicted molar refractivity (Wildman–Crippen MR) is 67.8 cm³/mol. The van der Waals surface area contributed by atoms with Gasteiger partial charge in [-0.05, 0) is 33.1 Å². The number of hydrogen-bond donors (Lipinski definition) is 2. The number of fused-ring (bicyclic) bond motifs is 2. The summed E-state index contributed by atoms with van der Waals surface area (Å²) in [5, 5.41) is 3.19. The van der Waals surface area contributed by atoms with Crippen molar-refractivity contribution >= 4 is 5.96 Å². The van der Waals surface area contributed by atoms with Crippen LogP contribution in [0.3, 0.4) is 0 Å². The van der Waals surface area contributed by atoms with Crippen LogP contribution in [0.5, 0.6) is 0 Å². The van der Waals surface area contributed by atoms with Crippen molar-refractivity contribution in [2.24, 2.45) is 22.1 Å². The molecule has 4 heteroatoms. The van der Waals surface area contributed by atoms with Crippen LogP contribution in [0.15, 0.2) is 4.99 Å². The van der Waals surface area contributed by atoms with Crippen LogP contribution in [-0.4, -0.2) is 30.8 Å². The van der Waals surface area contributed by atoms with E-state index in [4.69, 9.17) is 15.5 Å². The maximum absolute atomic E-state index is 5.97. The van der Waals surface area contributed by atoms with E-state index in [-0.39, 0.29) is 0 Å². The zero-order valence-corrected chi connectivity index (χ0v) is 10.8. The molecule has 0 aromatic heterocycles. The monoisotopic (exact) mass is 237 g/mol. The molecule has 3 fully saturated rings. The molecule has 1 spiro atoms. The van der Waals surface area contributed by atoms with Gasteiger partial charge in [0.15, 0.2) is 5.96 Å². The molecule has 3 atom stereocenters. The number of nitrogens with zero attached hydrogens (tertiary/aromatic N) is 1. The molecule has 3 rings (SSSR count). The van der Waals surface area contributed by atoms with Gasteiger partial charge in [0.05, 0.1) is 12.1 Å². The second-order valence-corrected chi connectivity index (χ2v) is 6.09. The van der Waals surface area contributed by atoms with Crippen LogP contribution in [0, 0.1) is 11.3 Å². The number of aliphatic imine (C=N–C) groups is 1. The van der Waals surface area contributed by atoms with Crippen LogP contribution in [0.25, 0.3) is 0 Å². The van der Waals surface area contributed by atoms with Crippen LogP contribution in [0.1, 0.15) is 39.5 Å². The van der Waals surface area contributed by atoms with Crippen LogP contribution < -0.4 is 11.1 Å². The van der Waals surface area contributed by atoms with Crippen LogP contribution in [-0.2, 0) is 4.74 Å². The Labute approximate surface area is 103 Å². The Bertz CT molecular complexity index is 336. The second-order valence-electron chi connectivity index (χ2n) is 6.09. The lowest BCUT2D eigenvalue weighted by Crippen LogP contribution is -2.66. The number of rotatable bonds is 2. The average Bonchev–Trinajstić information content (AvgIpc) is 2.56. The Morgan fingerprint density at radius 3 is 2.82 bits per heavy atom. The Morgan fingerprint density at radius 2 is 2.24 bits per heavy atom. The second kappa shape index (κ2) is 3.87. The summed E-state index contributed by atoms with van der Waals surface area (Å²) < 4.78 is 5.87. The molecule has 2 saturated carbocycles. The van der Waals surface area contributed by atoms with Gasteiger partial charge in [-0.3, -0.25) is 0 Å². The van der Waals surface area contributed by atoms with Gasteiger partial charge in [-0.1, -0.05) is 6.42 Å². The maximum Gasteiger partial charge on any atom is 0.189 e. The first-order valence-electron chi connectivity index (χ1n) is 6.85. The van der Waals surface area contributed by atoms with E-state index >= 15 is 0 Å². The van der Waals surface area contributed by atoms with Gasteiger partial charge in [0.1, 0.15) is 0 Å². The zero-order chi connectivity index (χ0) is 12.0. The topological polar surface area (TPSA) is 59.6 Å². The minimum Gasteiger partial charge on any atom is -0.377 e. The van der Waals surface area contributed by atoms with Gasteiger partial charge < -0.3 is 15.8 Å². The van der Waals surface area contributed by atoms with Crippen molar-refractivity contribution in [2.45, 2.75) is 57.7 Å². The average molecular weight is 237 g/mol. The summed E-state index contributed by atoms with van der Waals surface area (Å²) in [6.45, 7) is 5.09. The highest BCUT2D eigenvalue weighted by atomic mass is 16.5. The maximum atomic E-state index is 5.97. The van der Waals surface area contributed by atoms with Gasteiger partial charge in [0, 0.05) is 24.0 Å². The van der Waals surface area contributed by atoms with Gasteiger partial charge in [-0.2, -0.15) is 0 Å². The van der Waals surface area contributed by atoms with Crippen molar-refractivity contribution < 1.29 is 4.74 Å². The summed E-state index contributed by atoms with van der Waals surface area (Å²) >= 11 is 0. The highest BCUT2D eigenvalue weighted by Crippen LogP contribution is 2.64. The quantitative estimate of drug-likeness (QED) is 0.561. The van der Waals surface area contributed by atoms with E-state index in [0.717, 1.165) is 13.0 Å². The smallest absolute Gasteiger partial charge is 0.189 e. The molecule has 1 aliphatic heterocycles. The van der Waals surface area contributed by atoms with Crippen LogP contribution in [0.2, 0.25) is 0 Å². The number of nitrogens with one attached hydrogen (secondary N) is 1. The van der Waals surface area contributed by atoms with Gasteiger partial charge in [0.25, 0.3) is 0 Å². The first kappa shape index (κ1) is 11.3. The Morgan fingerprint density at radius 1 is 1.47 bits per heavy atom. The van der Waals surface area contributed by atoms with Gasteiger partial charge >= 0.3 is 0 Å². The molecule has 0 bridgehead atoms. The molecule has 17 heavy (non-hydrogen) atoms. The van der Waals surface area contributed by atoms with E-state index in [2.05, 4.69) is 19.2 Å². The molecule has 0 radical (unpaired) electrons. The van der Waals surface area contributed by atoms with Crippen LogP contribution >= 0.6 is 0 Å². The van der Waals surface area contributed by atoms with Crippen LogP contribution in [0.4, 0.5) is 0 Å². The summed E-state index contributed by atoms with van der Waals surface area (Å²) in [7, 11) is 0. The summed E-state index contributed by atoms with van der Waals surface area (Å²) in [6.07, 6.45) is 5.53. The lowest BCUT2D eigenvalue weighted by atomic mass is 9.46. The molecule has 3 N–H and O–H groups in total. The molecule has 1 heterocycles. The summed E-state index contributed by atoms with van der Waals surface area (Å²) in [6, 6.07) is 0.766. The van der Waals surface area contributed by atoms with Crippen molar-refractivity contribution in [3.63, 3.8) is 0 Å². The fraction of sp³-hybridized carbons (Fsp3) is 0.923. The van der Waals surface area contributed by atoms with E-state index < -0.39 is 0 Å². The highest BCUT2D eigenvalue weighted by Gasteiger charge is 2.66. The van der Waals surface area contributed by atoms with E-state index in [1.807, 2.05) is 0 Å². The van der Waals surface area contributed by atoms with E-state index in [1.54, 1.807) is 0 Å². The normalized spacial score (nSPS) is 38.8. The highest BCUT2D eigenvalue weighted by molar-refractivity contribution is 5.78. The largest absolute Gasteiger partial charge is 0.377 e. The minimum atomic E-state index is 0.352. The third-order valence-electron chi connectivity index (χ3n) is 4.70. The van der Waals surface area contributed by atoms with Crippen molar-refractivity contribution in [1.82, 2.24) is 5.32 Å². The molecule has 0 aromatic rings. The number of ether oxygens (including phenoxy) is 1. The van der Waals surface area contributed by atoms with Crippen molar-refractivity contribution in [1.29, 1.82) is 0 Å². The Hall–Kier alpha value is -0.770. The minimum absolute atomic E-state index is 0.352. The molecule has 1 saturated heterocycles. The zero-order valence-electron chi connectivity index (χ0n) is 10.8. The van der Waals surface area contributed by atoms with E-state index in [9.17, 15) is 0 Å². The molecule has 2 aliphatic carbocycles. The van der Waals surface area contributed by atoms with E-state index in [1.165, 1.54) is 19.3 Å². The van der Waals surface area contributed by atoms with Crippen molar-refractivity contribution in [2.75, 3.05) is 6.61 Å². The molecule has 3 aliphatic rings. The molecule has 0 amide bonds. The summed E-state index contributed by atoms with van der Waals surface area (Å²) in [5.41, 5.74) is 6.32. The number of nitrogens with two attached hydrogens (primary N) is 1.